The molecule has 3 aromatic carbocycles. The third-order valence-corrected chi connectivity index (χ3v) is 4.87. The molecular weight excluding hydrogens is 445 g/mol. The van der Waals surface area contributed by atoms with Crippen molar-refractivity contribution in [1.82, 2.24) is 5.32 Å². The summed E-state index contributed by atoms with van der Waals surface area (Å²) in [5.74, 6) is 0. The van der Waals surface area contributed by atoms with E-state index in [9.17, 15) is 22.8 Å². The van der Waals surface area contributed by atoms with Crippen molar-refractivity contribution in [1.29, 1.82) is 0 Å². The van der Waals surface area contributed by atoms with Gasteiger partial charge in [-0.3, -0.25) is 4.90 Å². The summed E-state index contributed by atoms with van der Waals surface area (Å²) in [5, 5.41) is 7.87. The number of rotatable bonds is 7. The summed E-state index contributed by atoms with van der Waals surface area (Å²) >= 11 is 0. The fourth-order valence-corrected chi connectivity index (χ4v) is 3.26. The molecule has 0 aliphatic carbocycles. The Morgan fingerprint density at radius 3 is 2.21 bits per heavy atom. The molecule has 0 unspecified atom stereocenters. The van der Waals surface area contributed by atoms with Gasteiger partial charge in [-0.1, -0.05) is 36.4 Å². The minimum Gasteiger partial charge on any atom is -0.338 e. The van der Waals surface area contributed by atoms with Gasteiger partial charge in [0.05, 0.1) is 5.56 Å². The molecule has 4 amide bonds. The molecule has 0 saturated heterocycles. The Bertz CT molecular complexity index is 1120. The van der Waals surface area contributed by atoms with E-state index in [0.29, 0.717) is 24.3 Å². The zero-order valence-corrected chi connectivity index (χ0v) is 18.5. The molecule has 0 aliphatic rings. The zero-order chi connectivity index (χ0) is 24.6. The number of urea groups is 2. The minimum atomic E-state index is -4.49. The van der Waals surface area contributed by atoms with Crippen LogP contribution in [0.3, 0.4) is 0 Å². The van der Waals surface area contributed by atoms with Crippen LogP contribution in [0, 0.1) is 6.92 Å². The van der Waals surface area contributed by atoms with Gasteiger partial charge in [-0.05, 0) is 61.4 Å². The topological polar surface area (TPSA) is 73.5 Å². The van der Waals surface area contributed by atoms with Crippen LogP contribution in [0.2, 0.25) is 0 Å². The number of carbonyl (C=O) groups excluding carboxylic acids is 2. The molecule has 3 aromatic rings. The van der Waals surface area contributed by atoms with Crippen LogP contribution in [0.5, 0.6) is 0 Å². The first-order valence-corrected chi connectivity index (χ1v) is 10.6. The van der Waals surface area contributed by atoms with E-state index >= 15 is 0 Å². The Hall–Kier alpha value is -4.01. The van der Waals surface area contributed by atoms with Crippen LogP contribution >= 0.6 is 0 Å². The van der Waals surface area contributed by atoms with Crippen LogP contribution < -0.4 is 20.9 Å². The largest absolute Gasteiger partial charge is 0.416 e. The lowest BCUT2D eigenvalue weighted by molar-refractivity contribution is -0.137. The maximum atomic E-state index is 12.9. The number of amides is 4. The van der Waals surface area contributed by atoms with Crippen molar-refractivity contribution in [3.05, 3.63) is 90.0 Å². The van der Waals surface area contributed by atoms with Crippen molar-refractivity contribution >= 4 is 29.1 Å². The summed E-state index contributed by atoms with van der Waals surface area (Å²) in [6, 6.07) is 20.0. The monoisotopic (exact) mass is 470 g/mol. The quantitative estimate of drug-likeness (QED) is 0.357. The number of alkyl halides is 3. The number of carbonyl (C=O) groups is 2. The van der Waals surface area contributed by atoms with Gasteiger partial charge in [-0.2, -0.15) is 13.2 Å². The van der Waals surface area contributed by atoms with Crippen molar-refractivity contribution in [3.8, 4) is 0 Å². The van der Waals surface area contributed by atoms with E-state index in [1.807, 2.05) is 55.5 Å². The molecule has 0 saturated carbocycles. The highest BCUT2D eigenvalue weighted by Gasteiger charge is 2.30. The van der Waals surface area contributed by atoms with Crippen LogP contribution in [0.25, 0.3) is 0 Å². The second kappa shape index (κ2) is 11.2. The average molecular weight is 470 g/mol. The first-order chi connectivity index (χ1) is 16.2. The molecule has 34 heavy (non-hydrogen) atoms. The van der Waals surface area contributed by atoms with Gasteiger partial charge >= 0.3 is 18.2 Å². The van der Waals surface area contributed by atoms with Crippen LogP contribution in [-0.2, 0) is 6.18 Å². The van der Waals surface area contributed by atoms with E-state index in [-0.39, 0.29) is 18.3 Å². The Morgan fingerprint density at radius 1 is 0.853 bits per heavy atom. The van der Waals surface area contributed by atoms with Crippen LogP contribution in [0.4, 0.5) is 39.8 Å². The number of nitrogens with zero attached hydrogens (tertiary/aromatic N) is 1. The van der Waals surface area contributed by atoms with Gasteiger partial charge in [0, 0.05) is 30.2 Å². The molecule has 0 fully saturated rings. The molecule has 0 radical (unpaired) electrons. The maximum Gasteiger partial charge on any atom is 0.416 e. The molecule has 0 aliphatic heterocycles. The molecule has 178 valence electrons. The summed E-state index contributed by atoms with van der Waals surface area (Å²) in [4.78, 5) is 26.6. The Labute approximate surface area is 195 Å². The zero-order valence-electron chi connectivity index (χ0n) is 18.5. The number of benzene rings is 3. The van der Waals surface area contributed by atoms with Crippen LogP contribution in [0.1, 0.15) is 17.5 Å². The van der Waals surface area contributed by atoms with Crippen molar-refractivity contribution in [2.24, 2.45) is 0 Å². The second-order valence-corrected chi connectivity index (χ2v) is 7.60. The van der Waals surface area contributed by atoms with Crippen molar-refractivity contribution in [3.63, 3.8) is 0 Å². The number of para-hydroxylation sites is 1. The highest BCUT2D eigenvalue weighted by Crippen LogP contribution is 2.30. The predicted octanol–water partition coefficient (Wildman–Crippen LogP) is 6.26. The van der Waals surface area contributed by atoms with Gasteiger partial charge in [-0.25, -0.2) is 9.59 Å². The smallest absolute Gasteiger partial charge is 0.338 e. The van der Waals surface area contributed by atoms with Crippen LogP contribution in [-0.4, -0.2) is 25.2 Å². The van der Waals surface area contributed by atoms with E-state index in [1.165, 1.54) is 12.1 Å². The first kappa shape index (κ1) is 24.6. The summed E-state index contributed by atoms with van der Waals surface area (Å²) in [7, 11) is 0. The molecular formula is C25H25F3N4O2. The second-order valence-electron chi connectivity index (χ2n) is 7.60. The number of hydrogen-bond donors (Lipinski definition) is 3. The van der Waals surface area contributed by atoms with Gasteiger partial charge in [0.2, 0.25) is 0 Å². The van der Waals surface area contributed by atoms with Gasteiger partial charge in [-0.15, -0.1) is 0 Å². The lowest BCUT2D eigenvalue weighted by Crippen LogP contribution is -2.38. The number of nitrogens with one attached hydrogen (secondary N) is 3. The summed E-state index contributed by atoms with van der Waals surface area (Å²) in [5.41, 5.74) is 1.57. The van der Waals surface area contributed by atoms with Gasteiger partial charge in [0.25, 0.3) is 0 Å². The normalized spacial score (nSPS) is 10.9. The Balaban J connectivity index is 1.55. The molecule has 3 rings (SSSR count). The number of hydrogen-bond acceptors (Lipinski definition) is 2. The highest BCUT2D eigenvalue weighted by molar-refractivity contribution is 6.01. The van der Waals surface area contributed by atoms with Crippen molar-refractivity contribution < 1.29 is 22.8 Å². The maximum absolute atomic E-state index is 12.9. The van der Waals surface area contributed by atoms with Gasteiger partial charge < -0.3 is 16.0 Å². The average Bonchev–Trinajstić information content (AvgIpc) is 2.79. The third-order valence-electron chi connectivity index (χ3n) is 4.87. The highest BCUT2D eigenvalue weighted by atomic mass is 19.4. The fraction of sp³-hybridized carbons (Fsp3) is 0.200. The first-order valence-electron chi connectivity index (χ1n) is 10.6. The summed E-state index contributed by atoms with van der Waals surface area (Å²) in [6.07, 6.45) is -4.07. The molecule has 3 N–H and O–H groups in total. The standard InChI is InChI=1S/C25H25F3N4O2/c1-18-8-5-10-20(16-18)31-24(34)32(22-12-3-2-4-13-22)15-7-14-29-23(33)30-21-11-6-9-19(17-21)25(26,27)28/h2-6,8-13,16-17H,7,14-15H2,1H3,(H,31,34)(H2,29,30,33). The number of aryl methyl sites for hydroxylation is 1. The van der Waals surface area contributed by atoms with E-state index in [0.717, 1.165) is 17.7 Å². The molecule has 0 spiro atoms. The molecule has 0 heterocycles. The Morgan fingerprint density at radius 2 is 1.53 bits per heavy atom. The lowest BCUT2D eigenvalue weighted by atomic mass is 10.2. The number of halogens is 3. The third kappa shape index (κ3) is 7.26. The SMILES string of the molecule is Cc1cccc(NC(=O)N(CCCNC(=O)Nc2cccc(C(F)(F)F)c2)c2ccccc2)c1. The Kier molecular flexibility index (Phi) is 8.13. The van der Waals surface area contributed by atoms with Crippen molar-refractivity contribution in [2.75, 3.05) is 28.6 Å². The van der Waals surface area contributed by atoms with Crippen LogP contribution in [0.15, 0.2) is 78.9 Å². The van der Waals surface area contributed by atoms with E-state index in [2.05, 4.69) is 16.0 Å². The molecule has 0 atom stereocenters. The van der Waals surface area contributed by atoms with Gasteiger partial charge in [0.1, 0.15) is 0 Å². The molecule has 0 aromatic heterocycles. The molecule has 0 bridgehead atoms. The molecule has 6 nitrogen and oxygen atoms in total. The van der Waals surface area contributed by atoms with E-state index in [1.54, 1.807) is 11.0 Å². The van der Waals surface area contributed by atoms with E-state index < -0.39 is 17.8 Å². The fourth-order valence-electron chi connectivity index (χ4n) is 3.26. The van der Waals surface area contributed by atoms with Crippen molar-refractivity contribution in [2.45, 2.75) is 19.5 Å². The predicted molar refractivity (Wildman–Crippen MR) is 127 cm³/mol. The van der Waals surface area contributed by atoms with Gasteiger partial charge in [0.15, 0.2) is 0 Å². The summed E-state index contributed by atoms with van der Waals surface area (Å²) < 4.78 is 38.5. The van der Waals surface area contributed by atoms with E-state index in [4.69, 9.17) is 0 Å². The minimum absolute atomic E-state index is 0.0377. The lowest BCUT2D eigenvalue weighted by Gasteiger charge is -2.23. The summed E-state index contributed by atoms with van der Waals surface area (Å²) in [6.45, 7) is 2.46. The molecule has 9 heteroatoms. The number of anilines is 3.